The van der Waals surface area contributed by atoms with E-state index in [1.54, 1.807) is 0 Å². The number of rotatable bonds is 44. The van der Waals surface area contributed by atoms with Gasteiger partial charge < -0.3 is 24.6 Å². The predicted octanol–water partition coefficient (Wildman–Crippen LogP) is 16.2. The highest BCUT2D eigenvalue weighted by Gasteiger charge is 2.34. The molecule has 4 atom stereocenters. The zero-order chi connectivity index (χ0) is 47.0. The van der Waals surface area contributed by atoms with Crippen molar-refractivity contribution in [3.8, 4) is 0 Å². The van der Waals surface area contributed by atoms with Crippen LogP contribution >= 0.6 is 0 Å². The van der Waals surface area contributed by atoms with E-state index in [1.165, 1.54) is 148 Å². The second kappa shape index (κ2) is 39.9. The molecular weight excluding hydrogens is 815 g/mol. The molecule has 0 aliphatic heterocycles. The average molecular weight is 912 g/mol. The Hall–Kier alpha value is -3.03. The van der Waals surface area contributed by atoms with Crippen LogP contribution in [0.5, 0.6) is 0 Å². The number of amides is 1. The van der Waals surface area contributed by atoms with Crippen molar-refractivity contribution >= 4 is 5.91 Å². The van der Waals surface area contributed by atoms with Crippen LogP contribution in [0.15, 0.2) is 91.0 Å². The SMILES string of the molecule is CCCCCCCCCCCCCCCCCCCC[C@@H](OCc1ccccc1)C(=O)N[C@@H](CO)[C@H](OCc1ccccc1)[C@@H](CCCCCCCCCCC(C)C)OCc1ccccc1. The molecule has 3 aromatic carbocycles. The van der Waals surface area contributed by atoms with E-state index < -0.39 is 18.2 Å². The third-order valence-corrected chi connectivity index (χ3v) is 13.3. The number of nitrogens with one attached hydrogen (secondary N) is 1. The maximum absolute atomic E-state index is 14.3. The van der Waals surface area contributed by atoms with Gasteiger partial charge in [0.2, 0.25) is 5.91 Å². The van der Waals surface area contributed by atoms with Crippen LogP contribution in [0, 0.1) is 5.92 Å². The molecule has 3 rings (SSSR count). The van der Waals surface area contributed by atoms with Crippen molar-refractivity contribution < 1.29 is 24.1 Å². The lowest BCUT2D eigenvalue weighted by Gasteiger charge is -2.34. The molecule has 0 heterocycles. The van der Waals surface area contributed by atoms with Crippen molar-refractivity contribution in [3.05, 3.63) is 108 Å². The van der Waals surface area contributed by atoms with Crippen LogP contribution in [0.25, 0.3) is 0 Å². The first-order valence-corrected chi connectivity index (χ1v) is 27.4. The first-order chi connectivity index (χ1) is 32.5. The largest absolute Gasteiger partial charge is 0.394 e. The van der Waals surface area contributed by atoms with Gasteiger partial charge in [-0.25, -0.2) is 0 Å². The van der Waals surface area contributed by atoms with Crippen molar-refractivity contribution in [1.82, 2.24) is 5.32 Å². The molecule has 2 N–H and O–H groups in total. The van der Waals surface area contributed by atoms with Crippen LogP contribution in [-0.4, -0.2) is 42.0 Å². The van der Waals surface area contributed by atoms with E-state index in [-0.39, 0.29) is 18.6 Å². The van der Waals surface area contributed by atoms with E-state index in [4.69, 9.17) is 14.2 Å². The number of carbonyl (C=O) groups is 1. The smallest absolute Gasteiger partial charge is 0.249 e. The fraction of sp³-hybridized carbons (Fsp3) is 0.683. The van der Waals surface area contributed by atoms with E-state index in [0.717, 1.165) is 54.7 Å². The molecule has 372 valence electrons. The second-order valence-electron chi connectivity index (χ2n) is 19.8. The molecule has 0 saturated carbocycles. The number of unbranched alkanes of at least 4 members (excludes halogenated alkanes) is 24. The van der Waals surface area contributed by atoms with Gasteiger partial charge in [0.05, 0.1) is 38.6 Å². The number of benzene rings is 3. The van der Waals surface area contributed by atoms with E-state index in [0.29, 0.717) is 26.2 Å². The molecule has 0 aliphatic carbocycles. The molecule has 6 heteroatoms. The normalized spacial score (nSPS) is 13.5. The van der Waals surface area contributed by atoms with Crippen molar-refractivity contribution in [3.63, 3.8) is 0 Å². The molecule has 0 fully saturated rings. The molecule has 0 unspecified atom stereocenters. The summed E-state index contributed by atoms with van der Waals surface area (Å²) < 4.78 is 19.9. The minimum atomic E-state index is -0.670. The summed E-state index contributed by atoms with van der Waals surface area (Å²) in [4.78, 5) is 14.3. The van der Waals surface area contributed by atoms with Gasteiger partial charge in [0.1, 0.15) is 12.2 Å². The van der Waals surface area contributed by atoms with Crippen LogP contribution in [0.4, 0.5) is 0 Å². The highest BCUT2D eigenvalue weighted by Crippen LogP contribution is 2.23. The highest BCUT2D eigenvalue weighted by atomic mass is 16.5. The molecule has 0 spiro atoms. The van der Waals surface area contributed by atoms with Crippen molar-refractivity contribution in [2.24, 2.45) is 5.92 Å². The molecule has 0 aliphatic rings. The number of aliphatic hydroxyl groups excluding tert-OH is 1. The maximum Gasteiger partial charge on any atom is 0.249 e. The predicted molar refractivity (Wildman–Crippen MR) is 278 cm³/mol. The summed E-state index contributed by atoms with van der Waals surface area (Å²) in [6.07, 6.45) is 34.9. The molecule has 66 heavy (non-hydrogen) atoms. The zero-order valence-electron chi connectivity index (χ0n) is 42.5. The fourth-order valence-electron chi connectivity index (χ4n) is 9.13. The van der Waals surface area contributed by atoms with Crippen LogP contribution in [-0.2, 0) is 38.8 Å². The summed E-state index contributed by atoms with van der Waals surface area (Å²) in [6.45, 7) is 7.79. The quantitative estimate of drug-likeness (QED) is 0.0553. The Bertz CT molecular complexity index is 1500. The van der Waals surface area contributed by atoms with Gasteiger partial charge in [-0.15, -0.1) is 0 Å². The molecule has 1 amide bonds. The van der Waals surface area contributed by atoms with Crippen molar-refractivity contribution in [2.75, 3.05) is 6.61 Å². The topological polar surface area (TPSA) is 77.0 Å². The van der Waals surface area contributed by atoms with Gasteiger partial charge in [-0.05, 0) is 35.4 Å². The molecule has 0 radical (unpaired) electrons. The number of ether oxygens (including phenoxy) is 3. The Balaban J connectivity index is 1.57. The van der Waals surface area contributed by atoms with Gasteiger partial charge in [0, 0.05) is 0 Å². The number of hydrogen-bond acceptors (Lipinski definition) is 5. The number of hydrogen-bond donors (Lipinski definition) is 2. The summed E-state index contributed by atoms with van der Waals surface area (Å²) in [5, 5.41) is 14.3. The molecular formula is C60H97NO5. The lowest BCUT2D eigenvalue weighted by atomic mass is 9.98. The molecule has 3 aromatic rings. The lowest BCUT2D eigenvalue weighted by Crippen LogP contribution is -2.54. The van der Waals surface area contributed by atoms with Crippen LogP contribution in [0.1, 0.15) is 224 Å². The van der Waals surface area contributed by atoms with Gasteiger partial charge in [0.25, 0.3) is 0 Å². The van der Waals surface area contributed by atoms with Crippen LogP contribution in [0.2, 0.25) is 0 Å². The first-order valence-electron chi connectivity index (χ1n) is 27.4. The second-order valence-corrected chi connectivity index (χ2v) is 19.8. The molecule has 0 bridgehead atoms. The lowest BCUT2D eigenvalue weighted by molar-refractivity contribution is -0.141. The van der Waals surface area contributed by atoms with Gasteiger partial charge in [-0.3, -0.25) is 4.79 Å². The molecule has 0 aromatic heterocycles. The van der Waals surface area contributed by atoms with Gasteiger partial charge >= 0.3 is 0 Å². The van der Waals surface area contributed by atoms with Crippen molar-refractivity contribution in [2.45, 2.75) is 251 Å². The average Bonchev–Trinajstić information content (AvgIpc) is 3.34. The third-order valence-electron chi connectivity index (χ3n) is 13.3. The van der Waals surface area contributed by atoms with E-state index in [9.17, 15) is 9.90 Å². The Morgan fingerprint density at radius 3 is 1.20 bits per heavy atom. The number of aliphatic hydroxyl groups is 1. The van der Waals surface area contributed by atoms with Gasteiger partial charge in [-0.1, -0.05) is 285 Å². The van der Waals surface area contributed by atoms with Crippen LogP contribution in [0.3, 0.4) is 0 Å². The molecule has 6 nitrogen and oxygen atoms in total. The molecule has 0 saturated heterocycles. The van der Waals surface area contributed by atoms with Crippen LogP contribution < -0.4 is 5.32 Å². The van der Waals surface area contributed by atoms with Crippen molar-refractivity contribution in [1.29, 1.82) is 0 Å². The Labute approximate surface area is 405 Å². The van der Waals surface area contributed by atoms with E-state index in [2.05, 4.69) is 50.4 Å². The van der Waals surface area contributed by atoms with Gasteiger partial charge in [-0.2, -0.15) is 0 Å². The highest BCUT2D eigenvalue weighted by molar-refractivity contribution is 5.81. The standard InChI is InChI=1S/C60H97NO5/c1-4-5-6-7-8-9-10-11-12-13-14-15-16-17-18-23-26-38-47-58(65-50-54-42-33-28-34-43-54)60(63)61-56(48-62)59(66-51-55-44-35-29-36-45-55)57(64-49-53-40-31-27-32-41-53)46-37-25-22-20-19-21-24-30-39-52(2)3/h27-29,31-36,40-45,52,56-59,62H,4-26,30,37-39,46-51H2,1-3H3,(H,61,63)/t56-,57+,58+,59-/m0/s1. The summed E-state index contributed by atoms with van der Waals surface area (Å²) in [5.74, 6) is 0.597. The summed E-state index contributed by atoms with van der Waals surface area (Å²) in [7, 11) is 0. The van der Waals surface area contributed by atoms with Gasteiger partial charge in [0.15, 0.2) is 0 Å². The minimum absolute atomic E-state index is 0.194. The minimum Gasteiger partial charge on any atom is -0.394 e. The Morgan fingerprint density at radius 1 is 0.455 bits per heavy atom. The fourth-order valence-corrected chi connectivity index (χ4v) is 9.13. The first kappa shape index (κ1) is 57.3. The third kappa shape index (κ3) is 29.0. The van der Waals surface area contributed by atoms with E-state index in [1.807, 2.05) is 66.7 Å². The maximum atomic E-state index is 14.3. The summed E-state index contributed by atoms with van der Waals surface area (Å²) in [6, 6.07) is 29.8. The Morgan fingerprint density at radius 2 is 0.803 bits per heavy atom. The number of carbonyl (C=O) groups excluding carboxylic acids is 1. The monoisotopic (exact) mass is 912 g/mol. The summed E-state index contributed by atoms with van der Waals surface area (Å²) >= 11 is 0. The zero-order valence-corrected chi connectivity index (χ0v) is 42.5. The Kier molecular flexibility index (Phi) is 34.6. The summed E-state index contributed by atoms with van der Waals surface area (Å²) in [5.41, 5.74) is 3.17. The van der Waals surface area contributed by atoms with E-state index >= 15 is 0 Å².